The maximum absolute atomic E-state index is 12.7. The van der Waals surface area contributed by atoms with Crippen LogP contribution in [0.5, 0.6) is 0 Å². The summed E-state index contributed by atoms with van der Waals surface area (Å²) in [7, 11) is 0. The van der Waals surface area contributed by atoms with Crippen LogP contribution in [-0.2, 0) is 14.3 Å². The number of hydrogen-bond donors (Lipinski definition) is 0. The molecule has 2 amide bonds. The van der Waals surface area contributed by atoms with Gasteiger partial charge in [0, 0.05) is 25.2 Å². The number of amides is 2. The highest BCUT2D eigenvalue weighted by atomic mass is 32.2. The molecule has 136 valence electrons. The van der Waals surface area contributed by atoms with Gasteiger partial charge in [-0.3, -0.25) is 9.59 Å². The Hall–Kier alpha value is -0.750. The number of thioether (sulfide) groups is 1. The molecule has 6 heteroatoms. The molecule has 0 N–H and O–H groups in total. The monoisotopic (exact) mass is 354 g/mol. The summed E-state index contributed by atoms with van der Waals surface area (Å²) < 4.78 is 5.27. The van der Waals surface area contributed by atoms with Crippen molar-refractivity contribution in [2.45, 2.75) is 57.5 Å². The summed E-state index contributed by atoms with van der Waals surface area (Å²) >= 11 is 1.48. The molecule has 0 aromatic rings. The molecule has 24 heavy (non-hydrogen) atoms. The van der Waals surface area contributed by atoms with Crippen LogP contribution in [0.15, 0.2) is 0 Å². The second kappa shape index (κ2) is 8.56. The van der Waals surface area contributed by atoms with Crippen molar-refractivity contribution >= 4 is 23.6 Å². The van der Waals surface area contributed by atoms with Crippen molar-refractivity contribution in [1.82, 2.24) is 9.80 Å². The summed E-state index contributed by atoms with van der Waals surface area (Å²) in [5.41, 5.74) is 0. The molecule has 1 saturated heterocycles. The SMILES string of the molecule is CC1CCC(N(C(=O)CSCC(=O)N2CCOCC2)C2CC2)CC1. The molecule has 2 aliphatic carbocycles. The minimum absolute atomic E-state index is 0.139. The van der Waals surface area contributed by atoms with E-state index in [4.69, 9.17) is 4.74 Å². The Balaban J connectivity index is 1.43. The molecule has 0 bridgehead atoms. The fourth-order valence-electron chi connectivity index (χ4n) is 3.78. The third-order valence-electron chi connectivity index (χ3n) is 5.42. The van der Waals surface area contributed by atoms with E-state index >= 15 is 0 Å². The van der Waals surface area contributed by atoms with Gasteiger partial charge >= 0.3 is 0 Å². The fraction of sp³-hybridized carbons (Fsp3) is 0.889. The highest BCUT2D eigenvalue weighted by Crippen LogP contribution is 2.35. The second-order valence-electron chi connectivity index (χ2n) is 7.43. The first-order valence-electron chi connectivity index (χ1n) is 9.39. The third kappa shape index (κ3) is 4.88. The summed E-state index contributed by atoms with van der Waals surface area (Å²) in [6, 6.07) is 0.920. The minimum atomic E-state index is 0.139. The van der Waals surface area contributed by atoms with Gasteiger partial charge < -0.3 is 14.5 Å². The molecule has 0 unspecified atom stereocenters. The molecule has 1 heterocycles. The normalized spacial score (nSPS) is 27.8. The molecule has 3 fully saturated rings. The summed E-state index contributed by atoms with van der Waals surface area (Å²) in [5, 5.41) is 0. The maximum atomic E-state index is 12.7. The van der Waals surface area contributed by atoms with Gasteiger partial charge in [-0.2, -0.15) is 0 Å². The predicted molar refractivity (Wildman–Crippen MR) is 96.0 cm³/mol. The smallest absolute Gasteiger partial charge is 0.233 e. The molecule has 5 nitrogen and oxygen atoms in total. The van der Waals surface area contributed by atoms with Crippen LogP contribution in [0, 0.1) is 5.92 Å². The van der Waals surface area contributed by atoms with Crippen LogP contribution in [0.25, 0.3) is 0 Å². The second-order valence-corrected chi connectivity index (χ2v) is 8.42. The molecule has 2 saturated carbocycles. The lowest BCUT2D eigenvalue weighted by atomic mass is 9.86. The average molecular weight is 355 g/mol. The average Bonchev–Trinajstić information content (AvgIpc) is 3.42. The van der Waals surface area contributed by atoms with Gasteiger partial charge in [0.2, 0.25) is 11.8 Å². The zero-order valence-electron chi connectivity index (χ0n) is 14.7. The quantitative estimate of drug-likeness (QED) is 0.733. The molecule has 1 aliphatic heterocycles. The Morgan fingerprint density at radius 3 is 2.17 bits per heavy atom. The highest BCUT2D eigenvalue weighted by molar-refractivity contribution is 8.00. The van der Waals surface area contributed by atoms with Crippen molar-refractivity contribution in [3.8, 4) is 0 Å². The van der Waals surface area contributed by atoms with E-state index < -0.39 is 0 Å². The van der Waals surface area contributed by atoms with Crippen LogP contribution in [-0.4, -0.2) is 71.5 Å². The third-order valence-corrected chi connectivity index (χ3v) is 6.32. The van der Waals surface area contributed by atoms with Crippen LogP contribution >= 0.6 is 11.8 Å². The van der Waals surface area contributed by atoms with Gasteiger partial charge in [0.05, 0.1) is 24.7 Å². The zero-order valence-corrected chi connectivity index (χ0v) is 15.6. The van der Waals surface area contributed by atoms with Gasteiger partial charge in [-0.15, -0.1) is 11.8 Å². The van der Waals surface area contributed by atoms with Crippen molar-refractivity contribution in [3.05, 3.63) is 0 Å². The van der Waals surface area contributed by atoms with Gasteiger partial charge in [-0.05, 0) is 44.4 Å². The predicted octanol–water partition coefficient (Wildman–Crippen LogP) is 2.15. The molecular formula is C18H30N2O3S. The van der Waals surface area contributed by atoms with Crippen LogP contribution < -0.4 is 0 Å². The number of morpholine rings is 1. The first-order valence-corrected chi connectivity index (χ1v) is 10.5. The lowest BCUT2D eigenvalue weighted by Gasteiger charge is -2.36. The van der Waals surface area contributed by atoms with E-state index in [1.807, 2.05) is 4.90 Å². The molecule has 0 atom stereocenters. The van der Waals surface area contributed by atoms with E-state index in [1.165, 1.54) is 24.6 Å². The van der Waals surface area contributed by atoms with E-state index in [2.05, 4.69) is 11.8 Å². The Morgan fingerprint density at radius 1 is 1.00 bits per heavy atom. The van der Waals surface area contributed by atoms with Gasteiger partial charge in [-0.25, -0.2) is 0 Å². The van der Waals surface area contributed by atoms with Crippen molar-refractivity contribution in [2.75, 3.05) is 37.8 Å². The molecular weight excluding hydrogens is 324 g/mol. The molecule has 0 spiro atoms. The van der Waals surface area contributed by atoms with Crippen LogP contribution in [0.3, 0.4) is 0 Å². The topological polar surface area (TPSA) is 49.9 Å². The van der Waals surface area contributed by atoms with E-state index in [-0.39, 0.29) is 11.8 Å². The molecule has 0 radical (unpaired) electrons. The summed E-state index contributed by atoms with van der Waals surface area (Å²) in [5.74, 6) is 2.04. The zero-order chi connectivity index (χ0) is 16.9. The summed E-state index contributed by atoms with van der Waals surface area (Å²) in [6.45, 7) is 4.94. The van der Waals surface area contributed by atoms with E-state index in [1.54, 1.807) is 0 Å². The molecule has 3 aliphatic rings. The molecule has 3 rings (SSSR count). The Labute approximate surface area is 149 Å². The van der Waals surface area contributed by atoms with Crippen molar-refractivity contribution in [3.63, 3.8) is 0 Å². The molecule has 0 aromatic carbocycles. The first kappa shape index (κ1) is 18.1. The van der Waals surface area contributed by atoms with Gasteiger partial charge in [0.15, 0.2) is 0 Å². The van der Waals surface area contributed by atoms with Crippen LogP contribution in [0.4, 0.5) is 0 Å². The number of rotatable bonds is 6. The summed E-state index contributed by atoms with van der Waals surface area (Å²) in [4.78, 5) is 28.9. The maximum Gasteiger partial charge on any atom is 0.233 e. The van der Waals surface area contributed by atoms with E-state index in [0.717, 1.165) is 31.6 Å². The minimum Gasteiger partial charge on any atom is -0.378 e. The Kier molecular flexibility index (Phi) is 6.44. The molecule has 0 aromatic heterocycles. The van der Waals surface area contributed by atoms with E-state index in [0.29, 0.717) is 49.9 Å². The van der Waals surface area contributed by atoms with Crippen molar-refractivity contribution in [1.29, 1.82) is 0 Å². The number of nitrogens with zero attached hydrogens (tertiary/aromatic N) is 2. The van der Waals surface area contributed by atoms with Gasteiger partial charge in [-0.1, -0.05) is 6.92 Å². The number of carbonyl (C=O) groups is 2. The van der Waals surface area contributed by atoms with Crippen LogP contribution in [0.1, 0.15) is 45.4 Å². The summed E-state index contributed by atoms with van der Waals surface area (Å²) in [6.07, 6.45) is 7.11. The van der Waals surface area contributed by atoms with Crippen molar-refractivity contribution < 1.29 is 14.3 Å². The first-order chi connectivity index (χ1) is 11.6. The number of carbonyl (C=O) groups excluding carboxylic acids is 2. The largest absolute Gasteiger partial charge is 0.378 e. The Bertz CT molecular complexity index is 442. The van der Waals surface area contributed by atoms with E-state index in [9.17, 15) is 9.59 Å². The Morgan fingerprint density at radius 2 is 1.58 bits per heavy atom. The number of ether oxygens (including phenoxy) is 1. The number of hydrogen-bond acceptors (Lipinski definition) is 4. The fourth-order valence-corrected chi connectivity index (χ4v) is 4.57. The van der Waals surface area contributed by atoms with Gasteiger partial charge in [0.1, 0.15) is 0 Å². The highest BCUT2D eigenvalue weighted by Gasteiger charge is 2.38. The van der Waals surface area contributed by atoms with Crippen LogP contribution in [0.2, 0.25) is 0 Å². The van der Waals surface area contributed by atoms with Gasteiger partial charge in [0.25, 0.3) is 0 Å². The standard InChI is InChI=1S/C18H30N2O3S/c1-14-2-4-15(5-3-14)20(16-6-7-16)18(22)13-24-12-17(21)19-8-10-23-11-9-19/h14-16H,2-13H2,1H3. The lowest BCUT2D eigenvalue weighted by Crippen LogP contribution is -2.45. The lowest BCUT2D eigenvalue weighted by molar-refractivity contribution is -0.132. The van der Waals surface area contributed by atoms with Crippen molar-refractivity contribution in [2.24, 2.45) is 5.92 Å².